The van der Waals surface area contributed by atoms with Gasteiger partial charge in [0.05, 0.1) is 66.1 Å². The molecule has 0 aliphatic heterocycles. The molecule has 0 amide bonds. The van der Waals surface area contributed by atoms with Gasteiger partial charge in [0, 0.05) is 0 Å². The highest BCUT2D eigenvalue weighted by molar-refractivity contribution is 6.74. The van der Waals surface area contributed by atoms with Crippen LogP contribution in [0.15, 0.2) is 26.3 Å². The van der Waals surface area contributed by atoms with Crippen molar-refractivity contribution in [3.63, 3.8) is 0 Å². The molecule has 0 saturated heterocycles. The molecule has 0 bridgehead atoms. The van der Waals surface area contributed by atoms with Crippen molar-refractivity contribution in [1.82, 2.24) is 0 Å². The molecule has 0 aromatic heterocycles. The van der Waals surface area contributed by atoms with E-state index >= 15 is 0 Å². The Morgan fingerprint density at radius 1 is 0.415 bits per heavy atom. The van der Waals surface area contributed by atoms with E-state index in [0.717, 1.165) is 0 Å². The van der Waals surface area contributed by atoms with Crippen molar-refractivity contribution in [2.75, 3.05) is 79.3 Å². The monoisotopic (exact) mass is 819 g/mol. The number of hydrogen-bond donors (Lipinski definition) is 2. The lowest BCUT2D eigenvalue weighted by molar-refractivity contribution is -0.295. The van der Waals surface area contributed by atoms with Crippen LogP contribution in [0.2, 0.25) is 36.3 Å². The first-order valence-corrected chi connectivity index (χ1v) is 20.7. The standard InChI is InChI=1S/C26H58O11Si2.2C2H4.10CH4/c1-25(2,3)38(7,8)36-17-13-30-19-23(20-31-14-18-37-39(9,10)26(4,5)6)32-15-11-29-12-16-33-24(21-34-27)22-35-28;2*1-2;;;;;;;;;;/h23-24,27-28H,11-22H2,1-10H3;2*1-2H2;10*1H4. The van der Waals surface area contributed by atoms with Gasteiger partial charge in [-0.2, -0.15) is 0 Å². The molecule has 11 nitrogen and oxygen atoms in total. The summed E-state index contributed by atoms with van der Waals surface area (Å²) in [5, 5.41) is 17.3. The van der Waals surface area contributed by atoms with E-state index in [4.69, 9.17) is 43.1 Å². The molecule has 0 radical (unpaired) electrons. The lowest BCUT2D eigenvalue weighted by atomic mass is 10.2. The lowest BCUT2D eigenvalue weighted by Crippen LogP contribution is -2.42. The molecule has 0 atom stereocenters. The molecule has 0 spiro atoms. The van der Waals surface area contributed by atoms with Gasteiger partial charge in [-0.05, 0) is 36.3 Å². The van der Waals surface area contributed by atoms with Crippen LogP contribution in [0.3, 0.4) is 0 Å². The molecule has 0 fully saturated rings. The van der Waals surface area contributed by atoms with Crippen LogP contribution in [0.1, 0.15) is 116 Å². The summed E-state index contributed by atoms with van der Waals surface area (Å²) in [6.07, 6.45) is -0.849. The van der Waals surface area contributed by atoms with Gasteiger partial charge in [-0.25, -0.2) is 9.78 Å². The highest BCUT2D eigenvalue weighted by Gasteiger charge is 2.37. The maximum Gasteiger partial charge on any atom is 0.192 e. The maximum absolute atomic E-state index is 8.51. The van der Waals surface area contributed by atoms with Gasteiger partial charge >= 0.3 is 0 Å². The van der Waals surface area contributed by atoms with E-state index in [1.165, 1.54) is 0 Å². The van der Waals surface area contributed by atoms with Crippen LogP contribution < -0.4 is 0 Å². The first-order valence-electron chi connectivity index (χ1n) is 14.8. The topological polar surface area (TPSA) is 124 Å². The van der Waals surface area contributed by atoms with E-state index in [1.807, 2.05) is 0 Å². The fraction of sp³-hybridized carbons (Fsp3) is 0.900. The summed E-state index contributed by atoms with van der Waals surface area (Å²) in [5.74, 6) is 0. The minimum absolute atomic E-state index is 0. The summed E-state index contributed by atoms with van der Waals surface area (Å²) in [6.45, 7) is 38.1. The van der Waals surface area contributed by atoms with E-state index in [0.29, 0.717) is 59.5 Å². The van der Waals surface area contributed by atoms with Crippen LogP contribution in [0.4, 0.5) is 0 Å². The lowest BCUT2D eigenvalue weighted by Gasteiger charge is -2.36. The molecule has 0 unspecified atom stereocenters. The van der Waals surface area contributed by atoms with Crippen molar-refractivity contribution < 1.29 is 52.8 Å². The molecule has 340 valence electrons. The molecule has 0 aliphatic carbocycles. The zero-order chi connectivity index (χ0) is 34.0. The number of hydrogen-bond acceptors (Lipinski definition) is 11. The SMILES string of the molecule is C.C.C.C.C.C.C.C.C.C.C=C.C=C.CC(C)(C)[Si](C)(C)OCCOCC(COCCO[Si](C)(C)C(C)(C)C)OCCOCCOC(COO)COO. The quantitative estimate of drug-likeness (QED) is 0.0318. The van der Waals surface area contributed by atoms with Crippen molar-refractivity contribution in [2.24, 2.45) is 0 Å². The molecule has 0 aliphatic rings. The van der Waals surface area contributed by atoms with Gasteiger partial charge in [0.2, 0.25) is 0 Å². The van der Waals surface area contributed by atoms with Gasteiger partial charge in [0.1, 0.15) is 25.4 Å². The van der Waals surface area contributed by atoms with Gasteiger partial charge < -0.3 is 32.5 Å². The molecule has 53 heavy (non-hydrogen) atoms. The van der Waals surface area contributed by atoms with Crippen LogP contribution in [-0.4, -0.2) is 119 Å². The Balaban J connectivity index is -0.000000100. The van der Waals surface area contributed by atoms with E-state index in [9.17, 15) is 0 Å². The molecular formula is C40H106O11Si2. The van der Waals surface area contributed by atoms with Gasteiger partial charge in [-0.3, -0.25) is 10.5 Å². The highest BCUT2D eigenvalue weighted by atomic mass is 28.4. The third-order valence-corrected chi connectivity index (χ3v) is 16.4. The maximum atomic E-state index is 8.51. The van der Waals surface area contributed by atoms with Crippen molar-refractivity contribution in [2.45, 2.75) is 164 Å². The molecule has 0 saturated carbocycles. The number of rotatable bonds is 24. The molecule has 13 heteroatoms. The Bertz CT molecular complexity index is 587. The second-order valence-corrected chi connectivity index (χ2v) is 22.2. The first kappa shape index (κ1) is 89.2. The van der Waals surface area contributed by atoms with Crippen LogP contribution in [0.5, 0.6) is 0 Å². The Morgan fingerprint density at radius 3 is 0.906 bits per heavy atom. The molecule has 0 rings (SSSR count). The Labute approximate surface area is 338 Å². The fourth-order valence-electron chi connectivity index (χ4n) is 2.68. The number of ether oxygens (including phenoxy) is 5. The van der Waals surface area contributed by atoms with Crippen molar-refractivity contribution in [3.8, 4) is 0 Å². The van der Waals surface area contributed by atoms with Gasteiger partial charge in [-0.15, -0.1) is 26.3 Å². The third kappa shape index (κ3) is 47.6. The predicted molar refractivity (Wildman–Crippen MR) is 245 cm³/mol. The summed E-state index contributed by atoms with van der Waals surface area (Å²) in [4.78, 5) is 8.05. The van der Waals surface area contributed by atoms with Crippen molar-refractivity contribution in [3.05, 3.63) is 26.3 Å². The zero-order valence-electron chi connectivity index (χ0n) is 29.0. The largest absolute Gasteiger partial charge is 0.414 e. The third-order valence-electron chi connectivity index (χ3n) is 7.28. The zero-order valence-corrected chi connectivity index (χ0v) is 31.0. The average molecular weight is 819 g/mol. The van der Waals surface area contributed by atoms with Gasteiger partial charge in [0.25, 0.3) is 0 Å². The fourth-order valence-corrected chi connectivity index (χ4v) is 4.73. The van der Waals surface area contributed by atoms with E-state index in [2.05, 4.69) is 104 Å². The van der Waals surface area contributed by atoms with Crippen LogP contribution >= 0.6 is 0 Å². The minimum atomic E-state index is -1.81. The van der Waals surface area contributed by atoms with Crippen molar-refractivity contribution >= 4 is 16.6 Å². The molecule has 0 aromatic rings. The van der Waals surface area contributed by atoms with Crippen LogP contribution in [0.25, 0.3) is 0 Å². The smallest absolute Gasteiger partial charge is 0.192 e. The predicted octanol–water partition coefficient (Wildman–Crippen LogP) is 12.8. The molecular weight excluding hydrogens is 713 g/mol. The normalized spacial score (nSPS) is 10.2. The Hall–Kier alpha value is -0.526. The van der Waals surface area contributed by atoms with Gasteiger partial charge in [0.15, 0.2) is 16.6 Å². The molecule has 2 N–H and O–H groups in total. The summed E-state index contributed by atoms with van der Waals surface area (Å²) in [7, 11) is -3.61. The average Bonchev–Trinajstić information content (AvgIpc) is 2.92. The van der Waals surface area contributed by atoms with Gasteiger partial charge in [-0.1, -0.05) is 116 Å². The highest BCUT2D eigenvalue weighted by Crippen LogP contribution is 2.37. The van der Waals surface area contributed by atoms with E-state index in [-0.39, 0.29) is 110 Å². The Kier molecular flexibility index (Phi) is 86.7. The molecule has 0 aromatic carbocycles. The Morgan fingerprint density at radius 2 is 0.660 bits per heavy atom. The summed E-state index contributed by atoms with van der Waals surface area (Å²) in [6, 6.07) is 0. The summed E-state index contributed by atoms with van der Waals surface area (Å²) in [5.41, 5.74) is 0. The minimum Gasteiger partial charge on any atom is -0.414 e. The van der Waals surface area contributed by atoms with Crippen LogP contribution in [0, 0.1) is 0 Å². The second kappa shape index (κ2) is 51.5. The second-order valence-electron chi connectivity index (χ2n) is 12.6. The molecule has 0 heterocycles. The van der Waals surface area contributed by atoms with Crippen LogP contribution in [-0.2, 0) is 42.3 Å². The van der Waals surface area contributed by atoms with Crippen molar-refractivity contribution in [1.29, 1.82) is 0 Å². The summed E-state index contributed by atoms with van der Waals surface area (Å²) < 4.78 is 41.0. The summed E-state index contributed by atoms with van der Waals surface area (Å²) >= 11 is 0. The van der Waals surface area contributed by atoms with E-state index in [1.54, 1.807) is 0 Å². The first-order chi connectivity index (χ1) is 20.1. The van der Waals surface area contributed by atoms with E-state index < -0.39 is 22.7 Å².